The first-order valence-corrected chi connectivity index (χ1v) is 9.17. The number of hydrogen-bond acceptors (Lipinski definition) is 4. The predicted molar refractivity (Wildman–Crippen MR) is 90.6 cm³/mol. The summed E-state index contributed by atoms with van der Waals surface area (Å²) < 4.78 is 5.83. The van der Waals surface area contributed by atoms with Gasteiger partial charge in [0.2, 0.25) is 0 Å². The van der Waals surface area contributed by atoms with Gasteiger partial charge in [-0.25, -0.2) is 0 Å². The minimum absolute atomic E-state index is 0.284. The molecule has 1 aromatic rings. The number of likely N-dealkylation sites (N-methyl/N-ethyl adjacent to an activating group) is 1. The van der Waals surface area contributed by atoms with Crippen LogP contribution in [-0.2, 0) is 11.8 Å². The number of aromatic hydroxyl groups is 1. The summed E-state index contributed by atoms with van der Waals surface area (Å²) in [6.07, 6.45) is 7.60. The molecular weight excluding hydrogens is 288 g/mol. The van der Waals surface area contributed by atoms with Crippen LogP contribution >= 0.6 is 0 Å². The zero-order chi connectivity index (χ0) is 15.6. The van der Waals surface area contributed by atoms with E-state index >= 15 is 0 Å². The van der Waals surface area contributed by atoms with Crippen LogP contribution < -0.4 is 15.0 Å². The van der Waals surface area contributed by atoms with E-state index in [-0.39, 0.29) is 5.41 Å². The lowest BCUT2D eigenvalue weighted by molar-refractivity contribution is 0.0793. The van der Waals surface area contributed by atoms with E-state index in [0.717, 1.165) is 31.1 Å². The molecule has 2 bridgehead atoms. The molecule has 4 aliphatic rings. The Hall–Kier alpha value is -1.42. The fourth-order valence-corrected chi connectivity index (χ4v) is 5.96. The van der Waals surface area contributed by atoms with E-state index in [1.54, 1.807) is 0 Å². The van der Waals surface area contributed by atoms with Crippen molar-refractivity contribution in [3.05, 3.63) is 17.2 Å². The second-order valence-electron chi connectivity index (χ2n) is 7.89. The van der Waals surface area contributed by atoms with E-state index < -0.39 is 0 Å². The van der Waals surface area contributed by atoms with Gasteiger partial charge in [-0.05, 0) is 55.3 Å². The second-order valence-corrected chi connectivity index (χ2v) is 7.89. The number of phenols is 1. The van der Waals surface area contributed by atoms with E-state index in [4.69, 9.17) is 4.74 Å². The van der Waals surface area contributed by atoms with E-state index in [1.807, 2.05) is 0 Å². The molecular formula is C19H26N2O2. The topological polar surface area (TPSA) is 44.7 Å². The predicted octanol–water partition coefficient (Wildman–Crippen LogP) is 2.57. The second kappa shape index (κ2) is 4.79. The summed E-state index contributed by atoms with van der Waals surface area (Å²) in [6, 6.07) is 2.66. The maximum atomic E-state index is 10.6. The third kappa shape index (κ3) is 1.76. The van der Waals surface area contributed by atoms with Gasteiger partial charge in [-0.3, -0.25) is 0 Å². The van der Waals surface area contributed by atoms with Crippen molar-refractivity contribution in [2.24, 2.45) is 5.92 Å². The Bertz CT molecular complexity index is 655. The average Bonchev–Trinajstić information content (AvgIpc) is 2.56. The Balaban J connectivity index is 1.76. The summed E-state index contributed by atoms with van der Waals surface area (Å²) >= 11 is 0. The first-order chi connectivity index (χ1) is 11.2. The molecule has 0 aromatic heterocycles. The Morgan fingerprint density at radius 3 is 3.17 bits per heavy atom. The monoisotopic (exact) mass is 314 g/mol. The Kier molecular flexibility index (Phi) is 2.91. The summed E-state index contributed by atoms with van der Waals surface area (Å²) in [5.41, 5.74) is 4.32. The molecule has 4 heteroatoms. The third-order valence-corrected chi connectivity index (χ3v) is 6.92. The van der Waals surface area contributed by atoms with Crippen LogP contribution in [0.3, 0.4) is 0 Å². The number of anilines is 1. The van der Waals surface area contributed by atoms with Crippen molar-refractivity contribution in [1.29, 1.82) is 0 Å². The molecule has 124 valence electrons. The summed E-state index contributed by atoms with van der Waals surface area (Å²) in [7, 11) is 2.13. The number of ether oxygens (including phenoxy) is 1. The van der Waals surface area contributed by atoms with E-state index in [9.17, 15) is 5.11 Å². The molecule has 4 nitrogen and oxygen atoms in total. The van der Waals surface area contributed by atoms with Gasteiger partial charge in [0.15, 0.2) is 11.5 Å². The SMILES string of the molecule is CN1CCOc2c(O)cc3c(c21)CC1NCCC32CCCCC12. The van der Waals surface area contributed by atoms with Gasteiger partial charge in [0.05, 0.1) is 12.2 Å². The van der Waals surface area contributed by atoms with Gasteiger partial charge in [-0.2, -0.15) is 0 Å². The summed E-state index contributed by atoms with van der Waals surface area (Å²) in [6.45, 7) is 2.67. The maximum absolute atomic E-state index is 10.6. The van der Waals surface area contributed by atoms with E-state index in [1.165, 1.54) is 43.2 Å². The normalized spacial score (nSPS) is 34.9. The van der Waals surface area contributed by atoms with Gasteiger partial charge in [0.25, 0.3) is 0 Å². The number of fused-ring (bicyclic) bond motifs is 3. The Morgan fingerprint density at radius 2 is 2.26 bits per heavy atom. The highest BCUT2D eigenvalue weighted by Gasteiger charge is 2.52. The molecule has 2 fully saturated rings. The lowest BCUT2D eigenvalue weighted by Gasteiger charge is -2.56. The van der Waals surface area contributed by atoms with Crippen molar-refractivity contribution in [3.8, 4) is 11.5 Å². The molecule has 0 amide bonds. The molecule has 3 atom stereocenters. The molecule has 2 N–H and O–H groups in total. The summed E-state index contributed by atoms with van der Waals surface area (Å²) in [5.74, 6) is 1.80. The molecule has 1 aromatic carbocycles. The number of benzene rings is 1. The number of hydrogen-bond donors (Lipinski definition) is 2. The minimum atomic E-state index is 0.284. The van der Waals surface area contributed by atoms with Gasteiger partial charge in [0, 0.05) is 18.5 Å². The highest BCUT2D eigenvalue weighted by Crippen LogP contribution is 2.58. The van der Waals surface area contributed by atoms with E-state index in [2.05, 4.69) is 23.3 Å². The van der Waals surface area contributed by atoms with Crippen LogP contribution in [0, 0.1) is 5.92 Å². The highest BCUT2D eigenvalue weighted by atomic mass is 16.5. The number of rotatable bonds is 0. The molecule has 1 saturated carbocycles. The zero-order valence-electron chi connectivity index (χ0n) is 13.9. The molecule has 5 rings (SSSR count). The fourth-order valence-electron chi connectivity index (χ4n) is 5.96. The Labute approximate surface area is 137 Å². The lowest BCUT2D eigenvalue weighted by atomic mass is 9.52. The van der Waals surface area contributed by atoms with Crippen molar-refractivity contribution in [3.63, 3.8) is 0 Å². The van der Waals surface area contributed by atoms with Crippen molar-refractivity contribution >= 4 is 5.69 Å². The molecule has 1 saturated heterocycles. The highest BCUT2D eigenvalue weighted by molar-refractivity contribution is 5.74. The smallest absolute Gasteiger partial charge is 0.184 e. The molecule has 23 heavy (non-hydrogen) atoms. The Morgan fingerprint density at radius 1 is 1.35 bits per heavy atom. The molecule has 2 aliphatic carbocycles. The van der Waals surface area contributed by atoms with Gasteiger partial charge >= 0.3 is 0 Å². The van der Waals surface area contributed by atoms with Gasteiger partial charge < -0.3 is 20.1 Å². The van der Waals surface area contributed by atoms with Gasteiger partial charge in [-0.15, -0.1) is 0 Å². The van der Waals surface area contributed by atoms with E-state index in [0.29, 0.717) is 24.1 Å². The van der Waals surface area contributed by atoms with Crippen molar-refractivity contribution < 1.29 is 9.84 Å². The molecule has 2 aliphatic heterocycles. The first kappa shape index (κ1) is 14.0. The maximum Gasteiger partial charge on any atom is 0.184 e. The van der Waals surface area contributed by atoms with Crippen LogP contribution in [0.2, 0.25) is 0 Å². The molecule has 3 unspecified atom stereocenters. The van der Waals surface area contributed by atoms with Crippen LogP contribution in [0.5, 0.6) is 11.5 Å². The van der Waals surface area contributed by atoms with Crippen molar-refractivity contribution in [2.75, 3.05) is 31.6 Å². The quantitative estimate of drug-likeness (QED) is 0.772. The van der Waals surface area contributed by atoms with Gasteiger partial charge in [-0.1, -0.05) is 12.8 Å². The van der Waals surface area contributed by atoms with Crippen LogP contribution in [0.25, 0.3) is 0 Å². The van der Waals surface area contributed by atoms with Crippen LogP contribution in [0.1, 0.15) is 43.2 Å². The summed E-state index contributed by atoms with van der Waals surface area (Å²) in [4.78, 5) is 2.28. The number of nitrogens with zero attached hydrogens (tertiary/aromatic N) is 1. The summed E-state index contributed by atoms with van der Waals surface area (Å²) in [5, 5.41) is 14.4. The minimum Gasteiger partial charge on any atom is -0.504 e. The third-order valence-electron chi connectivity index (χ3n) is 6.92. The number of nitrogens with one attached hydrogen (secondary N) is 1. The van der Waals surface area contributed by atoms with Crippen molar-refractivity contribution in [1.82, 2.24) is 5.32 Å². The van der Waals surface area contributed by atoms with Crippen LogP contribution in [-0.4, -0.2) is 37.9 Å². The zero-order valence-corrected chi connectivity index (χ0v) is 13.9. The van der Waals surface area contributed by atoms with Crippen LogP contribution in [0.4, 0.5) is 5.69 Å². The van der Waals surface area contributed by atoms with Crippen molar-refractivity contribution in [2.45, 2.75) is 50.0 Å². The lowest BCUT2D eigenvalue weighted by Crippen LogP contribution is -2.59. The largest absolute Gasteiger partial charge is 0.504 e. The van der Waals surface area contributed by atoms with Gasteiger partial charge in [0.1, 0.15) is 6.61 Å². The number of piperidine rings is 1. The molecule has 0 radical (unpaired) electrons. The average molecular weight is 314 g/mol. The molecule has 2 heterocycles. The number of phenolic OH excluding ortho intramolecular Hbond substituents is 1. The standard InChI is InChI=1S/C19H26N2O2/c1-21-8-9-23-18-16(22)11-14-12(17(18)21)10-15-13-4-2-3-5-19(13,14)6-7-20-15/h11,13,15,20,22H,2-10H2,1H3. The fraction of sp³-hybridized carbons (Fsp3) is 0.684. The van der Waals surface area contributed by atoms with Crippen LogP contribution in [0.15, 0.2) is 6.07 Å². The first-order valence-electron chi connectivity index (χ1n) is 9.17. The molecule has 0 spiro atoms.